The number of aliphatic hydroxyl groups excluding tert-OH is 3. The molecule has 52 heavy (non-hydrogen) atoms. The number of fused-ring (bicyclic) bond motifs is 5. The number of aromatic amines is 1. The molecule has 2 saturated heterocycles. The Bertz CT molecular complexity index is 2120. The third kappa shape index (κ3) is 5.40. The number of ether oxygens (including phenoxy) is 3. The number of esters is 1. The van der Waals surface area contributed by atoms with Gasteiger partial charge in [-0.1, -0.05) is 61.7 Å². The van der Waals surface area contributed by atoms with Crippen LogP contribution in [0, 0.1) is 5.92 Å². The molecular formula is C40H43NO11. The van der Waals surface area contributed by atoms with Gasteiger partial charge in [0.05, 0.1) is 29.3 Å². The summed E-state index contributed by atoms with van der Waals surface area (Å²) in [6.07, 6.45) is -2.51. The van der Waals surface area contributed by atoms with Gasteiger partial charge in [-0.25, -0.2) is 4.79 Å². The summed E-state index contributed by atoms with van der Waals surface area (Å²) in [5.41, 5.74) is -1.43. The quantitative estimate of drug-likeness (QED) is 0.0661. The molecule has 4 aromatic carbocycles. The fourth-order valence-corrected chi connectivity index (χ4v) is 9.34. The Labute approximate surface area is 298 Å². The van der Waals surface area contributed by atoms with Crippen LogP contribution in [-0.4, -0.2) is 89.3 Å². The van der Waals surface area contributed by atoms with Crippen LogP contribution in [-0.2, 0) is 26.3 Å². The Kier molecular flexibility index (Phi) is 8.79. The van der Waals surface area contributed by atoms with Crippen molar-refractivity contribution in [3.05, 3.63) is 84.1 Å². The number of nitrogens with one attached hydrogen (secondary N) is 1. The summed E-state index contributed by atoms with van der Waals surface area (Å²) in [7, 11) is 0. The van der Waals surface area contributed by atoms with Gasteiger partial charge in [-0.15, -0.1) is 0 Å². The van der Waals surface area contributed by atoms with Crippen LogP contribution in [0.4, 0.5) is 0 Å². The number of benzene rings is 4. The molecule has 0 amide bonds. The zero-order valence-electron chi connectivity index (χ0n) is 28.4. The molecule has 3 aliphatic rings. The molecule has 0 bridgehead atoms. The van der Waals surface area contributed by atoms with E-state index >= 15 is 0 Å². The summed E-state index contributed by atoms with van der Waals surface area (Å²) in [6, 6.07) is 22.2. The lowest BCUT2D eigenvalue weighted by Gasteiger charge is -2.51. The summed E-state index contributed by atoms with van der Waals surface area (Å²) in [5, 5.41) is 80.3. The SMILES string of the molecule is O=C(Oc1c(CO)[nH]c2ccc3cc4ccccc4cc3c12)[C@@H]1O[C@@](O)(CO)[C@@]2(O)CC[C@@H]([C@H](C(O)O)C3(c4ccc(O)cc4)CCCCC3)O[C@@H]12. The molecule has 0 unspecified atom stereocenters. The minimum Gasteiger partial charge on any atom is -0.508 e. The highest BCUT2D eigenvalue weighted by Crippen LogP contribution is 2.54. The molecule has 6 atom stereocenters. The van der Waals surface area contributed by atoms with Crippen molar-refractivity contribution in [1.29, 1.82) is 0 Å². The standard InChI is InChI=1S/C40H43NO11/c42-20-29-33(31-27-19-23-7-3-2-6-22(23)18-24(27)8-13-28(31)41-29)51-37(47)34-35-39(48,40(49,21-43)52-34)17-14-30(50-35)32(36(45)46)38(15-4-1-5-16-38)25-9-11-26(44)12-10-25/h2-3,6-13,18-19,30,32,34-36,41-46,48-49H,1,4-5,14-17,20-21H2/t30-,32+,34+,35-,39+,40-/m0/s1. The zero-order chi connectivity index (χ0) is 36.4. The van der Waals surface area contributed by atoms with Crippen molar-refractivity contribution in [3.63, 3.8) is 0 Å². The van der Waals surface area contributed by atoms with E-state index in [-0.39, 0.29) is 30.0 Å². The molecular weight excluding hydrogens is 670 g/mol. The molecule has 8 rings (SSSR count). The van der Waals surface area contributed by atoms with Crippen LogP contribution in [0.1, 0.15) is 56.2 Å². The lowest BCUT2D eigenvalue weighted by atomic mass is 9.59. The van der Waals surface area contributed by atoms with Crippen LogP contribution in [0.15, 0.2) is 72.8 Å². The summed E-state index contributed by atoms with van der Waals surface area (Å²) in [5.74, 6) is -4.47. The smallest absolute Gasteiger partial charge is 0.343 e. The Morgan fingerprint density at radius 2 is 1.62 bits per heavy atom. The highest BCUT2D eigenvalue weighted by atomic mass is 16.7. The molecule has 12 heteroatoms. The lowest BCUT2D eigenvalue weighted by Crippen LogP contribution is -2.64. The number of phenolic OH excluding ortho intramolecular Hbond substituents is 1. The van der Waals surface area contributed by atoms with Crippen molar-refractivity contribution in [1.82, 2.24) is 4.98 Å². The maximum Gasteiger partial charge on any atom is 0.343 e. The first-order chi connectivity index (χ1) is 25.0. The number of carbonyl (C=O) groups is 1. The van der Waals surface area contributed by atoms with Crippen LogP contribution in [0.2, 0.25) is 0 Å². The van der Waals surface area contributed by atoms with Crippen molar-refractivity contribution >= 4 is 38.4 Å². The van der Waals surface area contributed by atoms with Gasteiger partial charge in [0, 0.05) is 11.3 Å². The molecule has 0 spiro atoms. The number of rotatable bonds is 8. The number of H-pyrrole nitrogens is 1. The molecule has 5 aromatic rings. The molecule has 1 aliphatic carbocycles. The van der Waals surface area contributed by atoms with Gasteiger partial charge in [-0.05, 0) is 83.1 Å². The number of aromatic hydroxyl groups is 1. The van der Waals surface area contributed by atoms with Gasteiger partial charge in [-0.2, -0.15) is 0 Å². The highest BCUT2D eigenvalue weighted by Gasteiger charge is 2.70. The molecule has 12 nitrogen and oxygen atoms in total. The Balaban J connectivity index is 1.17. The molecule has 8 N–H and O–H groups in total. The first-order valence-corrected chi connectivity index (χ1v) is 17.8. The van der Waals surface area contributed by atoms with Crippen LogP contribution in [0.25, 0.3) is 32.4 Å². The van der Waals surface area contributed by atoms with Gasteiger partial charge >= 0.3 is 5.97 Å². The van der Waals surface area contributed by atoms with E-state index in [0.29, 0.717) is 23.7 Å². The van der Waals surface area contributed by atoms with E-state index in [1.807, 2.05) is 48.5 Å². The maximum absolute atomic E-state index is 14.3. The van der Waals surface area contributed by atoms with Crippen molar-refractivity contribution in [2.75, 3.05) is 6.61 Å². The summed E-state index contributed by atoms with van der Waals surface area (Å²) < 4.78 is 18.3. The molecule has 3 heterocycles. The van der Waals surface area contributed by atoms with E-state index < -0.39 is 66.5 Å². The number of carbonyl (C=O) groups excluding carboxylic acids is 1. The van der Waals surface area contributed by atoms with E-state index in [2.05, 4.69) is 4.98 Å². The average molecular weight is 714 g/mol. The van der Waals surface area contributed by atoms with Crippen LogP contribution in [0.3, 0.4) is 0 Å². The van der Waals surface area contributed by atoms with Gasteiger partial charge in [0.1, 0.15) is 24.1 Å². The Hall–Kier alpha value is -4.11. The zero-order valence-corrected chi connectivity index (χ0v) is 28.4. The predicted octanol–water partition coefficient (Wildman–Crippen LogP) is 3.77. The van der Waals surface area contributed by atoms with Crippen LogP contribution >= 0.6 is 0 Å². The maximum atomic E-state index is 14.3. The average Bonchev–Trinajstić information content (AvgIpc) is 3.63. The molecule has 0 radical (unpaired) electrons. The third-order valence-corrected chi connectivity index (χ3v) is 11.9. The van der Waals surface area contributed by atoms with Gasteiger partial charge in [0.15, 0.2) is 18.1 Å². The molecule has 2 aliphatic heterocycles. The first kappa shape index (κ1) is 34.9. The van der Waals surface area contributed by atoms with Gasteiger partial charge in [0.25, 0.3) is 0 Å². The van der Waals surface area contributed by atoms with E-state index in [4.69, 9.17) is 14.2 Å². The fourth-order valence-electron chi connectivity index (χ4n) is 9.34. The second kappa shape index (κ2) is 13.1. The summed E-state index contributed by atoms with van der Waals surface area (Å²) >= 11 is 0. The Morgan fingerprint density at radius 1 is 0.904 bits per heavy atom. The number of aliphatic hydroxyl groups is 6. The third-order valence-electron chi connectivity index (χ3n) is 11.9. The summed E-state index contributed by atoms with van der Waals surface area (Å²) in [6.45, 7) is -1.56. The van der Waals surface area contributed by atoms with Crippen LogP contribution in [0.5, 0.6) is 11.5 Å². The monoisotopic (exact) mass is 713 g/mol. The second-order valence-electron chi connectivity index (χ2n) is 14.7. The summed E-state index contributed by atoms with van der Waals surface area (Å²) in [4.78, 5) is 17.4. The Morgan fingerprint density at radius 3 is 2.29 bits per heavy atom. The van der Waals surface area contributed by atoms with Gasteiger partial charge in [0.2, 0.25) is 5.79 Å². The minimum atomic E-state index is -2.61. The normalized spacial score (nSPS) is 28.0. The van der Waals surface area contributed by atoms with Gasteiger partial charge in [-0.3, -0.25) is 0 Å². The predicted molar refractivity (Wildman–Crippen MR) is 189 cm³/mol. The molecule has 3 fully saturated rings. The second-order valence-corrected chi connectivity index (χ2v) is 14.7. The van der Waals surface area contributed by atoms with E-state index in [1.54, 1.807) is 24.3 Å². The minimum absolute atomic E-state index is 0.0412. The molecule has 1 saturated carbocycles. The van der Waals surface area contributed by atoms with Crippen molar-refractivity contribution < 1.29 is 54.8 Å². The number of phenols is 1. The molecule has 1 aromatic heterocycles. The highest BCUT2D eigenvalue weighted by molar-refractivity contribution is 6.14. The fraction of sp³-hybridized carbons (Fsp3) is 0.425. The lowest BCUT2D eigenvalue weighted by molar-refractivity contribution is -0.299. The first-order valence-electron chi connectivity index (χ1n) is 17.8. The number of aromatic nitrogens is 1. The van der Waals surface area contributed by atoms with E-state index in [0.717, 1.165) is 46.4 Å². The largest absolute Gasteiger partial charge is 0.508 e. The van der Waals surface area contributed by atoms with Gasteiger partial charge < -0.3 is 54.9 Å². The van der Waals surface area contributed by atoms with Crippen molar-refractivity contribution in [3.8, 4) is 11.5 Å². The van der Waals surface area contributed by atoms with E-state index in [1.165, 1.54) is 0 Å². The number of hydrogen-bond donors (Lipinski definition) is 8. The molecule has 274 valence electrons. The van der Waals surface area contributed by atoms with E-state index in [9.17, 15) is 40.5 Å². The van der Waals surface area contributed by atoms with Crippen molar-refractivity contribution in [2.24, 2.45) is 5.92 Å². The topological polar surface area (TPSA) is 202 Å². The number of hydrogen-bond acceptors (Lipinski definition) is 11. The van der Waals surface area contributed by atoms with Crippen LogP contribution < -0.4 is 4.74 Å². The van der Waals surface area contributed by atoms with Crippen molar-refractivity contribution in [2.45, 2.75) is 93.0 Å².